The summed E-state index contributed by atoms with van der Waals surface area (Å²) in [6.45, 7) is 7.07. The molecule has 1 aromatic rings. The fourth-order valence-electron chi connectivity index (χ4n) is 3.12. The topological polar surface area (TPSA) is 75.4 Å². The quantitative estimate of drug-likeness (QED) is 0.907. The van der Waals surface area contributed by atoms with Crippen molar-refractivity contribution in [2.45, 2.75) is 52.5 Å². The minimum Gasteiger partial charge on any atom is -0.481 e. The number of carboxylic acids is 1. The van der Waals surface area contributed by atoms with E-state index in [-0.39, 0.29) is 12.5 Å². The first-order valence-electron chi connectivity index (χ1n) is 8.06. The van der Waals surface area contributed by atoms with Crippen LogP contribution in [-0.2, 0) is 4.79 Å². The van der Waals surface area contributed by atoms with Gasteiger partial charge in [-0.15, -0.1) is 0 Å². The highest BCUT2D eigenvalue weighted by Gasteiger charge is 2.30. The van der Waals surface area contributed by atoms with Crippen molar-refractivity contribution in [3.05, 3.63) is 17.5 Å². The van der Waals surface area contributed by atoms with Gasteiger partial charge in [0, 0.05) is 18.8 Å². The number of aliphatic carboxylic acids is 1. The molecule has 0 aromatic carbocycles. The maximum absolute atomic E-state index is 12.6. The van der Waals surface area contributed by atoms with Crippen LogP contribution in [0.4, 0.5) is 0 Å². The van der Waals surface area contributed by atoms with E-state index in [0.29, 0.717) is 24.7 Å². The Labute approximate surface area is 131 Å². The molecule has 1 aliphatic heterocycles. The van der Waals surface area contributed by atoms with Crippen molar-refractivity contribution in [3.63, 3.8) is 0 Å². The third kappa shape index (κ3) is 3.31. The van der Waals surface area contributed by atoms with E-state index < -0.39 is 11.9 Å². The lowest BCUT2D eigenvalue weighted by atomic mass is 9.98. The van der Waals surface area contributed by atoms with Crippen molar-refractivity contribution in [2.75, 3.05) is 13.1 Å². The summed E-state index contributed by atoms with van der Waals surface area (Å²) in [5.41, 5.74) is 1.40. The minimum absolute atomic E-state index is 0.154. The average molecular weight is 307 g/mol. The molecule has 22 heavy (non-hydrogen) atoms. The zero-order valence-corrected chi connectivity index (χ0v) is 13.6. The Kier molecular flexibility index (Phi) is 5.21. The predicted octanol–water partition coefficient (Wildman–Crippen LogP) is 2.49. The van der Waals surface area contributed by atoms with Gasteiger partial charge in [0.15, 0.2) is 5.69 Å². The highest BCUT2D eigenvalue weighted by Crippen LogP contribution is 2.21. The van der Waals surface area contributed by atoms with Gasteiger partial charge in [0.1, 0.15) is 0 Å². The van der Waals surface area contributed by atoms with E-state index in [4.69, 9.17) is 5.11 Å². The van der Waals surface area contributed by atoms with E-state index in [1.165, 1.54) is 0 Å². The Morgan fingerprint density at radius 2 is 2.09 bits per heavy atom. The molecule has 6 heteroatoms. The van der Waals surface area contributed by atoms with Crippen molar-refractivity contribution in [3.8, 4) is 0 Å². The minimum atomic E-state index is -0.823. The number of rotatable bonds is 5. The SMILES string of the molecule is CCC(CC)n1nc(C(=O)N2CCC[C@H](C(=O)O)C2)cc1C. The molecule has 1 fully saturated rings. The number of nitrogens with zero attached hydrogens (tertiary/aromatic N) is 3. The number of aromatic nitrogens is 2. The van der Waals surface area contributed by atoms with Crippen LogP contribution < -0.4 is 0 Å². The maximum atomic E-state index is 12.6. The Morgan fingerprint density at radius 1 is 1.41 bits per heavy atom. The second-order valence-corrected chi connectivity index (χ2v) is 6.01. The normalized spacial score (nSPS) is 18.7. The molecule has 0 aliphatic carbocycles. The summed E-state index contributed by atoms with van der Waals surface area (Å²) in [4.78, 5) is 25.3. The fourth-order valence-corrected chi connectivity index (χ4v) is 3.12. The lowest BCUT2D eigenvalue weighted by Gasteiger charge is -2.30. The molecule has 1 amide bonds. The van der Waals surface area contributed by atoms with Gasteiger partial charge < -0.3 is 10.0 Å². The predicted molar refractivity (Wildman–Crippen MR) is 82.8 cm³/mol. The Bertz CT molecular complexity index is 549. The maximum Gasteiger partial charge on any atom is 0.308 e. The van der Waals surface area contributed by atoms with Crippen molar-refractivity contribution in [1.82, 2.24) is 14.7 Å². The Balaban J connectivity index is 2.16. The smallest absolute Gasteiger partial charge is 0.308 e. The first-order valence-corrected chi connectivity index (χ1v) is 8.06. The first kappa shape index (κ1) is 16.5. The van der Waals surface area contributed by atoms with Crippen LogP contribution in [0, 0.1) is 12.8 Å². The highest BCUT2D eigenvalue weighted by atomic mass is 16.4. The second kappa shape index (κ2) is 6.94. The monoisotopic (exact) mass is 307 g/mol. The summed E-state index contributed by atoms with van der Waals surface area (Å²) in [6.07, 6.45) is 3.31. The summed E-state index contributed by atoms with van der Waals surface area (Å²) >= 11 is 0. The van der Waals surface area contributed by atoms with Crippen LogP contribution in [0.3, 0.4) is 0 Å². The molecule has 1 aliphatic rings. The van der Waals surface area contributed by atoms with Crippen molar-refractivity contribution in [2.24, 2.45) is 5.92 Å². The van der Waals surface area contributed by atoms with E-state index >= 15 is 0 Å². The number of carbonyl (C=O) groups excluding carboxylic acids is 1. The van der Waals surface area contributed by atoms with Crippen LogP contribution >= 0.6 is 0 Å². The van der Waals surface area contributed by atoms with Crippen LogP contribution in [-0.4, -0.2) is 44.8 Å². The second-order valence-electron chi connectivity index (χ2n) is 6.01. The van der Waals surface area contributed by atoms with Crippen molar-refractivity contribution < 1.29 is 14.7 Å². The van der Waals surface area contributed by atoms with Gasteiger partial charge in [0.05, 0.1) is 12.0 Å². The van der Waals surface area contributed by atoms with Gasteiger partial charge in [-0.1, -0.05) is 13.8 Å². The number of carbonyl (C=O) groups is 2. The molecule has 0 unspecified atom stereocenters. The molecule has 6 nitrogen and oxygen atoms in total. The number of carboxylic acid groups (broad SMARTS) is 1. The largest absolute Gasteiger partial charge is 0.481 e. The van der Waals surface area contributed by atoms with E-state index in [2.05, 4.69) is 18.9 Å². The molecule has 1 N–H and O–H groups in total. The number of aryl methyl sites for hydroxylation is 1. The molecule has 2 rings (SSSR count). The molecule has 2 heterocycles. The van der Waals surface area contributed by atoms with Crippen LogP contribution in [0.2, 0.25) is 0 Å². The molecule has 0 radical (unpaired) electrons. The third-order valence-corrected chi connectivity index (χ3v) is 4.49. The molecule has 1 aromatic heterocycles. The molecular weight excluding hydrogens is 282 g/mol. The summed E-state index contributed by atoms with van der Waals surface area (Å²) in [5, 5.41) is 13.6. The molecular formula is C16H25N3O3. The molecule has 0 saturated carbocycles. The average Bonchev–Trinajstić information content (AvgIpc) is 2.90. The Hall–Kier alpha value is -1.85. The zero-order chi connectivity index (χ0) is 16.3. The molecule has 0 bridgehead atoms. The van der Waals surface area contributed by atoms with Gasteiger partial charge in [-0.2, -0.15) is 5.10 Å². The number of piperidine rings is 1. The summed E-state index contributed by atoms with van der Waals surface area (Å²) in [6, 6.07) is 2.11. The van der Waals surface area contributed by atoms with E-state index in [9.17, 15) is 9.59 Å². The highest BCUT2D eigenvalue weighted by molar-refractivity contribution is 5.92. The first-order chi connectivity index (χ1) is 10.5. The van der Waals surface area contributed by atoms with Gasteiger partial charge in [0.25, 0.3) is 5.91 Å². The lowest BCUT2D eigenvalue weighted by molar-refractivity contribution is -0.143. The van der Waals surface area contributed by atoms with Gasteiger partial charge in [-0.25, -0.2) is 0 Å². The fraction of sp³-hybridized carbons (Fsp3) is 0.688. The summed E-state index contributed by atoms with van der Waals surface area (Å²) in [5.74, 6) is -1.44. The van der Waals surface area contributed by atoms with Gasteiger partial charge in [-0.3, -0.25) is 14.3 Å². The third-order valence-electron chi connectivity index (χ3n) is 4.49. The number of hydrogen-bond acceptors (Lipinski definition) is 3. The molecule has 1 atom stereocenters. The van der Waals surface area contributed by atoms with Gasteiger partial charge >= 0.3 is 5.97 Å². The van der Waals surface area contributed by atoms with E-state index in [0.717, 1.165) is 25.0 Å². The molecule has 0 spiro atoms. The van der Waals surface area contributed by atoms with Crippen molar-refractivity contribution >= 4 is 11.9 Å². The zero-order valence-electron chi connectivity index (χ0n) is 13.6. The number of amides is 1. The molecule has 122 valence electrons. The number of likely N-dealkylation sites (tertiary alicyclic amines) is 1. The summed E-state index contributed by atoms with van der Waals surface area (Å²) < 4.78 is 1.92. The van der Waals surface area contributed by atoms with Crippen LogP contribution in [0.15, 0.2) is 6.07 Å². The van der Waals surface area contributed by atoms with Crippen molar-refractivity contribution in [1.29, 1.82) is 0 Å². The van der Waals surface area contributed by atoms with E-state index in [1.807, 2.05) is 17.7 Å². The standard InChI is InChI=1S/C16H25N3O3/c1-4-13(5-2)19-11(3)9-14(17-19)15(20)18-8-6-7-12(10-18)16(21)22/h9,12-13H,4-8,10H2,1-3H3,(H,21,22)/t12-/m0/s1. The van der Waals surface area contributed by atoms with Crippen LogP contribution in [0.25, 0.3) is 0 Å². The van der Waals surface area contributed by atoms with E-state index in [1.54, 1.807) is 4.90 Å². The van der Waals surface area contributed by atoms with Gasteiger partial charge in [0.2, 0.25) is 0 Å². The Morgan fingerprint density at radius 3 is 2.68 bits per heavy atom. The molecule has 1 saturated heterocycles. The number of hydrogen-bond donors (Lipinski definition) is 1. The lowest BCUT2D eigenvalue weighted by Crippen LogP contribution is -2.42. The van der Waals surface area contributed by atoms with Gasteiger partial charge in [-0.05, 0) is 38.7 Å². The van der Waals surface area contributed by atoms with Crippen LogP contribution in [0.5, 0.6) is 0 Å². The summed E-state index contributed by atoms with van der Waals surface area (Å²) in [7, 11) is 0. The van der Waals surface area contributed by atoms with Crippen LogP contribution in [0.1, 0.15) is 61.8 Å².